The molecule has 0 radical (unpaired) electrons. The lowest BCUT2D eigenvalue weighted by Gasteiger charge is -2.31. The lowest BCUT2D eigenvalue weighted by Crippen LogP contribution is -2.42. The molecule has 1 saturated carbocycles. The normalized spacial score (nSPS) is 24.5. The Labute approximate surface area is 161 Å². The second kappa shape index (κ2) is 8.40. The highest BCUT2D eigenvalue weighted by molar-refractivity contribution is 5.47. The number of anilines is 2. The summed E-state index contributed by atoms with van der Waals surface area (Å²) in [5, 5.41) is 5.78. The molecule has 2 N–H and O–H groups in total. The van der Waals surface area contributed by atoms with Crippen molar-refractivity contribution in [1.82, 2.24) is 0 Å². The molecule has 4 rings (SSSR count). The molecule has 2 aromatic carbocycles. The number of hydrogen-bond acceptors (Lipinski definition) is 6. The molecule has 8 heteroatoms. The van der Waals surface area contributed by atoms with Crippen LogP contribution in [0.4, 0.5) is 20.2 Å². The van der Waals surface area contributed by atoms with Crippen LogP contribution in [0.5, 0.6) is 0 Å². The SMILES string of the molecule is Fc1ccccc1N[C@@H]1OOC2(CCCCC2)OO[C@H]1Nc1ccccc1F. The smallest absolute Gasteiger partial charge is 0.234 e. The van der Waals surface area contributed by atoms with E-state index < -0.39 is 29.9 Å². The van der Waals surface area contributed by atoms with Crippen molar-refractivity contribution in [3.8, 4) is 0 Å². The van der Waals surface area contributed by atoms with E-state index in [4.69, 9.17) is 19.6 Å². The Morgan fingerprint density at radius 3 is 1.64 bits per heavy atom. The van der Waals surface area contributed by atoms with E-state index in [1.807, 2.05) is 0 Å². The van der Waals surface area contributed by atoms with Gasteiger partial charge in [-0.2, -0.15) is 9.78 Å². The molecule has 28 heavy (non-hydrogen) atoms. The van der Waals surface area contributed by atoms with Crippen molar-refractivity contribution in [3.05, 3.63) is 60.2 Å². The van der Waals surface area contributed by atoms with Crippen molar-refractivity contribution in [2.24, 2.45) is 0 Å². The van der Waals surface area contributed by atoms with Gasteiger partial charge in [0, 0.05) is 12.8 Å². The number of rotatable bonds is 4. The van der Waals surface area contributed by atoms with E-state index in [1.54, 1.807) is 36.4 Å². The first-order chi connectivity index (χ1) is 13.7. The van der Waals surface area contributed by atoms with Gasteiger partial charge in [0.15, 0.2) is 0 Å². The number of para-hydroxylation sites is 2. The van der Waals surface area contributed by atoms with Gasteiger partial charge in [-0.15, -0.1) is 0 Å². The zero-order chi connectivity index (χ0) is 19.4. The van der Waals surface area contributed by atoms with Crippen molar-refractivity contribution in [2.45, 2.75) is 50.3 Å². The van der Waals surface area contributed by atoms with E-state index in [1.165, 1.54) is 12.1 Å². The lowest BCUT2D eigenvalue weighted by molar-refractivity contribution is -0.490. The molecule has 2 fully saturated rings. The topological polar surface area (TPSA) is 61.0 Å². The minimum atomic E-state index is -1.03. The fraction of sp³-hybridized carbons (Fsp3) is 0.400. The van der Waals surface area contributed by atoms with Crippen LogP contribution < -0.4 is 10.6 Å². The van der Waals surface area contributed by atoms with Crippen molar-refractivity contribution in [3.63, 3.8) is 0 Å². The van der Waals surface area contributed by atoms with Gasteiger partial charge >= 0.3 is 0 Å². The highest BCUT2D eigenvalue weighted by Crippen LogP contribution is 2.36. The number of halogens is 2. The van der Waals surface area contributed by atoms with Crippen LogP contribution in [0.25, 0.3) is 0 Å². The van der Waals surface area contributed by atoms with Gasteiger partial charge in [-0.1, -0.05) is 30.7 Å². The summed E-state index contributed by atoms with van der Waals surface area (Å²) < 4.78 is 28.2. The van der Waals surface area contributed by atoms with Crippen LogP contribution in [-0.4, -0.2) is 18.2 Å². The third-order valence-electron chi connectivity index (χ3n) is 4.84. The van der Waals surface area contributed by atoms with E-state index in [-0.39, 0.29) is 11.4 Å². The highest BCUT2D eigenvalue weighted by atomic mass is 19.1. The number of hydrogen-bond donors (Lipinski definition) is 2. The molecular formula is C20H22F2N2O4. The largest absolute Gasteiger partial charge is 0.351 e. The summed E-state index contributed by atoms with van der Waals surface area (Å²) in [5.74, 6) is -1.96. The predicted octanol–water partition coefficient (Wildman–Crippen LogP) is 4.71. The third-order valence-corrected chi connectivity index (χ3v) is 4.84. The van der Waals surface area contributed by atoms with Gasteiger partial charge in [0.25, 0.3) is 0 Å². The van der Waals surface area contributed by atoms with Crippen LogP contribution in [-0.2, 0) is 19.6 Å². The minimum absolute atomic E-state index is 0.194. The maximum absolute atomic E-state index is 14.1. The molecule has 2 aliphatic rings. The van der Waals surface area contributed by atoms with Crippen LogP contribution in [0.1, 0.15) is 32.1 Å². The van der Waals surface area contributed by atoms with Crippen molar-refractivity contribution >= 4 is 11.4 Å². The molecule has 1 aliphatic carbocycles. The summed E-state index contributed by atoms with van der Waals surface area (Å²) in [5.41, 5.74) is 0.388. The maximum Gasteiger partial charge on any atom is 0.234 e. The molecule has 0 unspecified atom stereocenters. The Morgan fingerprint density at radius 2 is 1.18 bits per heavy atom. The van der Waals surface area contributed by atoms with Crippen molar-refractivity contribution in [2.75, 3.05) is 10.6 Å². The molecule has 2 aromatic rings. The average molecular weight is 392 g/mol. The summed E-state index contributed by atoms with van der Waals surface area (Å²) in [6.07, 6.45) is 2.09. The standard InChI is InChI=1S/C20H22F2N2O4/c21-14-8-2-4-10-16(14)23-18-19(24-17-11-5-3-9-15(17)22)26-28-20(27-25-18)12-6-1-7-13-20/h2-5,8-11,18-19,23-24H,1,6-7,12-13H2/t18-,19-/m1/s1. The molecule has 1 heterocycles. The summed E-state index contributed by atoms with van der Waals surface area (Å²) in [6.45, 7) is 0. The van der Waals surface area contributed by atoms with Gasteiger partial charge in [0.05, 0.1) is 11.4 Å². The molecule has 2 atom stereocenters. The number of benzene rings is 2. The van der Waals surface area contributed by atoms with Gasteiger partial charge in [-0.3, -0.25) is 0 Å². The first kappa shape index (κ1) is 19.1. The highest BCUT2D eigenvalue weighted by Gasteiger charge is 2.43. The maximum atomic E-state index is 14.1. The second-order valence-corrected chi connectivity index (χ2v) is 6.92. The van der Waals surface area contributed by atoms with Crippen LogP contribution >= 0.6 is 0 Å². The Balaban J connectivity index is 1.57. The molecule has 0 aromatic heterocycles. The van der Waals surface area contributed by atoms with Crippen LogP contribution in [0.3, 0.4) is 0 Å². The molecule has 1 spiro atoms. The Hall–Kier alpha value is -2.26. The summed E-state index contributed by atoms with van der Waals surface area (Å²) >= 11 is 0. The van der Waals surface area contributed by atoms with E-state index >= 15 is 0 Å². The molecule has 150 valence electrons. The van der Waals surface area contributed by atoms with E-state index in [0.717, 1.165) is 19.3 Å². The summed E-state index contributed by atoms with van der Waals surface area (Å²) in [4.78, 5) is 22.3. The van der Waals surface area contributed by atoms with Gasteiger partial charge in [-0.05, 0) is 37.1 Å². The second-order valence-electron chi connectivity index (χ2n) is 6.92. The first-order valence-electron chi connectivity index (χ1n) is 9.36. The zero-order valence-corrected chi connectivity index (χ0v) is 15.2. The Bertz CT molecular complexity index is 742. The fourth-order valence-electron chi connectivity index (χ4n) is 3.31. The van der Waals surface area contributed by atoms with Crippen molar-refractivity contribution in [1.29, 1.82) is 0 Å². The molecule has 0 bridgehead atoms. The Morgan fingerprint density at radius 1 is 0.714 bits per heavy atom. The van der Waals surface area contributed by atoms with E-state index in [9.17, 15) is 8.78 Å². The van der Waals surface area contributed by atoms with E-state index in [2.05, 4.69) is 10.6 Å². The molecule has 6 nitrogen and oxygen atoms in total. The van der Waals surface area contributed by atoms with Gasteiger partial charge in [0.1, 0.15) is 11.6 Å². The van der Waals surface area contributed by atoms with Gasteiger partial charge in [0.2, 0.25) is 18.2 Å². The molecule has 0 amide bonds. The minimum Gasteiger partial charge on any atom is -0.351 e. The van der Waals surface area contributed by atoms with Gasteiger partial charge in [-0.25, -0.2) is 18.6 Å². The van der Waals surface area contributed by atoms with Crippen LogP contribution in [0.2, 0.25) is 0 Å². The predicted molar refractivity (Wildman–Crippen MR) is 97.8 cm³/mol. The molecular weight excluding hydrogens is 370 g/mol. The molecule has 1 aliphatic heterocycles. The summed E-state index contributed by atoms with van der Waals surface area (Å²) in [7, 11) is 0. The average Bonchev–Trinajstić information content (AvgIpc) is 2.87. The third kappa shape index (κ3) is 4.25. The van der Waals surface area contributed by atoms with Crippen LogP contribution in [0, 0.1) is 11.6 Å². The first-order valence-corrected chi connectivity index (χ1v) is 9.36. The Kier molecular flexibility index (Phi) is 5.72. The van der Waals surface area contributed by atoms with Gasteiger partial charge < -0.3 is 10.6 Å². The quantitative estimate of drug-likeness (QED) is 0.735. The monoisotopic (exact) mass is 392 g/mol. The lowest BCUT2D eigenvalue weighted by atomic mass is 9.94. The van der Waals surface area contributed by atoms with E-state index in [0.29, 0.717) is 12.8 Å². The zero-order valence-electron chi connectivity index (χ0n) is 15.2. The molecule has 1 saturated heterocycles. The summed E-state index contributed by atoms with van der Waals surface area (Å²) in [6, 6.07) is 12.3. The fourth-order valence-corrected chi connectivity index (χ4v) is 3.31. The number of nitrogens with one attached hydrogen (secondary N) is 2. The van der Waals surface area contributed by atoms with Crippen molar-refractivity contribution < 1.29 is 28.3 Å². The van der Waals surface area contributed by atoms with Crippen LogP contribution in [0.15, 0.2) is 48.5 Å².